The second-order valence-electron chi connectivity index (χ2n) is 3.91. The predicted octanol–water partition coefficient (Wildman–Crippen LogP) is 2.65. The van der Waals surface area contributed by atoms with Crippen molar-refractivity contribution in [3.63, 3.8) is 0 Å². The molecule has 2 rings (SSSR count). The Morgan fingerprint density at radius 1 is 1.38 bits per heavy atom. The molecule has 0 aromatic heterocycles. The lowest BCUT2D eigenvalue weighted by atomic mass is 9.94. The third-order valence-electron chi connectivity index (χ3n) is 2.59. The molecule has 0 bridgehead atoms. The first-order chi connectivity index (χ1) is 7.58. The highest BCUT2D eigenvalue weighted by Crippen LogP contribution is 2.25. The third kappa shape index (κ3) is 2.32. The summed E-state index contributed by atoms with van der Waals surface area (Å²) >= 11 is 11.8. The topological polar surface area (TPSA) is 44.6 Å². The van der Waals surface area contributed by atoms with E-state index in [1.54, 1.807) is 12.1 Å². The summed E-state index contributed by atoms with van der Waals surface area (Å²) in [5.41, 5.74) is 4.49. The number of hydrogen-bond acceptors (Lipinski definition) is 3. The number of aliphatic hydroxyl groups is 1. The molecule has 1 aromatic rings. The number of aliphatic hydroxyl groups excluding tert-OH is 1. The molecule has 1 aromatic carbocycles. The van der Waals surface area contributed by atoms with Crippen LogP contribution in [0, 0.1) is 5.92 Å². The molecule has 0 fully saturated rings. The summed E-state index contributed by atoms with van der Waals surface area (Å²) in [7, 11) is 0. The van der Waals surface area contributed by atoms with Gasteiger partial charge in [-0.15, -0.1) is 0 Å². The lowest BCUT2D eigenvalue weighted by molar-refractivity contribution is 0.114. The fourth-order valence-corrected chi connectivity index (χ4v) is 2.06. The van der Waals surface area contributed by atoms with Crippen LogP contribution >= 0.6 is 23.2 Å². The van der Waals surface area contributed by atoms with Gasteiger partial charge in [0.1, 0.15) is 6.23 Å². The smallest absolute Gasteiger partial charge is 0.140 e. The zero-order valence-corrected chi connectivity index (χ0v) is 10.3. The second-order valence-corrected chi connectivity index (χ2v) is 4.72. The first-order valence-corrected chi connectivity index (χ1v) is 5.80. The van der Waals surface area contributed by atoms with Crippen molar-refractivity contribution >= 4 is 28.9 Å². The van der Waals surface area contributed by atoms with E-state index >= 15 is 0 Å². The summed E-state index contributed by atoms with van der Waals surface area (Å²) in [5, 5.41) is 14.6. The number of hydrogen-bond donors (Lipinski definition) is 2. The number of rotatable bonds is 1. The SMILES string of the molecule is C[C@@H]1CC(O)NN=C1c1ccc(Cl)c(Cl)c1. The normalized spacial score (nSPS) is 24.9. The van der Waals surface area contributed by atoms with Crippen LogP contribution in [0.2, 0.25) is 10.0 Å². The highest BCUT2D eigenvalue weighted by molar-refractivity contribution is 6.42. The molecule has 1 unspecified atom stereocenters. The molecule has 2 atom stereocenters. The van der Waals surface area contributed by atoms with Gasteiger partial charge in [-0.1, -0.05) is 36.2 Å². The Labute approximate surface area is 104 Å². The van der Waals surface area contributed by atoms with Crippen LogP contribution in [0.3, 0.4) is 0 Å². The van der Waals surface area contributed by atoms with E-state index < -0.39 is 6.23 Å². The molecule has 86 valence electrons. The molecular formula is C11H12Cl2N2O. The van der Waals surface area contributed by atoms with Gasteiger partial charge in [-0.3, -0.25) is 5.43 Å². The van der Waals surface area contributed by atoms with Crippen LogP contribution < -0.4 is 5.43 Å². The summed E-state index contributed by atoms with van der Waals surface area (Å²) in [6.07, 6.45) is 0.0699. The average molecular weight is 259 g/mol. The van der Waals surface area contributed by atoms with Crippen molar-refractivity contribution in [2.24, 2.45) is 11.0 Å². The minimum absolute atomic E-state index is 0.188. The summed E-state index contributed by atoms with van der Waals surface area (Å²) in [4.78, 5) is 0. The highest BCUT2D eigenvalue weighted by atomic mass is 35.5. The third-order valence-corrected chi connectivity index (χ3v) is 3.33. The van der Waals surface area contributed by atoms with E-state index in [9.17, 15) is 5.11 Å². The maximum absolute atomic E-state index is 9.38. The van der Waals surface area contributed by atoms with Crippen molar-refractivity contribution in [1.29, 1.82) is 0 Å². The van der Waals surface area contributed by atoms with E-state index in [1.165, 1.54) is 0 Å². The molecule has 0 saturated carbocycles. The van der Waals surface area contributed by atoms with Gasteiger partial charge in [-0.2, -0.15) is 5.10 Å². The van der Waals surface area contributed by atoms with Crippen LogP contribution in [0.25, 0.3) is 0 Å². The minimum Gasteiger partial charge on any atom is -0.372 e. The number of nitrogens with one attached hydrogen (secondary N) is 1. The minimum atomic E-state index is -0.568. The van der Waals surface area contributed by atoms with E-state index in [2.05, 4.69) is 10.5 Å². The van der Waals surface area contributed by atoms with Crippen LogP contribution in [0.1, 0.15) is 18.9 Å². The second kappa shape index (κ2) is 4.62. The standard InChI is InChI=1S/C11H12Cl2N2O/c1-6-4-10(16)14-15-11(6)7-2-3-8(12)9(13)5-7/h2-3,5-6,10,14,16H,4H2,1H3/t6-,10?/m1/s1. The Kier molecular flexibility index (Phi) is 3.38. The van der Waals surface area contributed by atoms with Gasteiger partial charge >= 0.3 is 0 Å². The number of halogens is 2. The van der Waals surface area contributed by atoms with Crippen molar-refractivity contribution in [2.45, 2.75) is 19.6 Å². The zero-order chi connectivity index (χ0) is 11.7. The maximum Gasteiger partial charge on any atom is 0.140 e. The fraction of sp³-hybridized carbons (Fsp3) is 0.364. The van der Waals surface area contributed by atoms with Gasteiger partial charge in [-0.05, 0) is 17.7 Å². The lowest BCUT2D eigenvalue weighted by Gasteiger charge is -2.24. The van der Waals surface area contributed by atoms with Crippen molar-refractivity contribution in [2.75, 3.05) is 0 Å². The molecule has 16 heavy (non-hydrogen) atoms. The van der Waals surface area contributed by atoms with Crippen LogP contribution in [0.5, 0.6) is 0 Å². The van der Waals surface area contributed by atoms with Crippen LogP contribution in [-0.2, 0) is 0 Å². The van der Waals surface area contributed by atoms with E-state index in [0.29, 0.717) is 16.5 Å². The molecular weight excluding hydrogens is 247 g/mol. The molecule has 1 aliphatic heterocycles. The van der Waals surface area contributed by atoms with Crippen molar-refractivity contribution < 1.29 is 5.11 Å². The van der Waals surface area contributed by atoms with E-state index in [4.69, 9.17) is 23.2 Å². The highest BCUT2D eigenvalue weighted by Gasteiger charge is 2.22. The quantitative estimate of drug-likeness (QED) is 0.814. The predicted molar refractivity (Wildman–Crippen MR) is 65.9 cm³/mol. The number of benzene rings is 1. The van der Waals surface area contributed by atoms with Gasteiger partial charge in [0.05, 0.1) is 15.8 Å². The van der Waals surface area contributed by atoms with Crippen molar-refractivity contribution in [1.82, 2.24) is 5.43 Å². The molecule has 0 amide bonds. The number of nitrogens with zero attached hydrogens (tertiary/aromatic N) is 1. The lowest BCUT2D eigenvalue weighted by Crippen LogP contribution is -2.35. The molecule has 1 heterocycles. The Hall–Kier alpha value is -0.770. The van der Waals surface area contributed by atoms with Gasteiger partial charge < -0.3 is 5.11 Å². The fourth-order valence-electron chi connectivity index (χ4n) is 1.76. The van der Waals surface area contributed by atoms with E-state index in [1.807, 2.05) is 13.0 Å². The molecule has 0 saturated heterocycles. The Bertz CT molecular complexity index is 434. The number of hydrazone groups is 1. The summed E-state index contributed by atoms with van der Waals surface area (Å²) < 4.78 is 0. The first-order valence-electron chi connectivity index (χ1n) is 5.04. The molecule has 0 radical (unpaired) electrons. The van der Waals surface area contributed by atoms with E-state index in [0.717, 1.165) is 11.3 Å². The Morgan fingerprint density at radius 2 is 2.12 bits per heavy atom. The molecule has 2 N–H and O–H groups in total. The van der Waals surface area contributed by atoms with E-state index in [-0.39, 0.29) is 5.92 Å². The Morgan fingerprint density at radius 3 is 2.75 bits per heavy atom. The summed E-state index contributed by atoms with van der Waals surface area (Å²) in [6.45, 7) is 2.02. The van der Waals surface area contributed by atoms with Gasteiger partial charge in [-0.25, -0.2) is 0 Å². The average Bonchev–Trinajstić information content (AvgIpc) is 2.22. The Balaban J connectivity index is 2.33. The summed E-state index contributed by atoms with van der Waals surface area (Å²) in [6, 6.07) is 5.42. The summed E-state index contributed by atoms with van der Waals surface area (Å²) in [5.74, 6) is 0.188. The maximum atomic E-state index is 9.38. The molecule has 1 aliphatic rings. The molecule has 3 nitrogen and oxygen atoms in total. The van der Waals surface area contributed by atoms with Crippen LogP contribution in [-0.4, -0.2) is 17.0 Å². The van der Waals surface area contributed by atoms with Gasteiger partial charge in [0.2, 0.25) is 0 Å². The monoisotopic (exact) mass is 258 g/mol. The first kappa shape index (κ1) is 11.7. The van der Waals surface area contributed by atoms with Gasteiger partial charge in [0, 0.05) is 12.3 Å². The van der Waals surface area contributed by atoms with Crippen molar-refractivity contribution in [3.8, 4) is 0 Å². The van der Waals surface area contributed by atoms with Gasteiger partial charge in [0.25, 0.3) is 0 Å². The van der Waals surface area contributed by atoms with Crippen LogP contribution in [0.15, 0.2) is 23.3 Å². The molecule has 0 spiro atoms. The van der Waals surface area contributed by atoms with Crippen LogP contribution in [0.4, 0.5) is 0 Å². The molecule has 0 aliphatic carbocycles. The van der Waals surface area contributed by atoms with Gasteiger partial charge in [0.15, 0.2) is 0 Å². The molecule has 5 heteroatoms. The zero-order valence-electron chi connectivity index (χ0n) is 8.74. The van der Waals surface area contributed by atoms with Crippen molar-refractivity contribution in [3.05, 3.63) is 33.8 Å². The largest absolute Gasteiger partial charge is 0.372 e.